The highest BCUT2D eigenvalue weighted by Crippen LogP contribution is 2.71. The van der Waals surface area contributed by atoms with Gasteiger partial charge in [-0.25, -0.2) is 22.8 Å². The molecule has 0 bridgehead atoms. The Hall–Kier alpha value is -2.36. The van der Waals surface area contributed by atoms with E-state index in [1.165, 1.54) is 19.1 Å². The van der Waals surface area contributed by atoms with Gasteiger partial charge in [0.25, 0.3) is 0 Å². The highest BCUT2D eigenvalue weighted by Gasteiger charge is 2.79. The molecule has 0 amide bonds. The summed E-state index contributed by atoms with van der Waals surface area (Å²) in [5.41, 5.74) is -8.05. The second-order valence-electron chi connectivity index (χ2n) is 13.5. The van der Waals surface area contributed by atoms with Crippen molar-refractivity contribution in [1.29, 1.82) is 0 Å². The van der Waals surface area contributed by atoms with Crippen molar-refractivity contribution >= 4 is 17.9 Å². The molecule has 0 saturated heterocycles. The van der Waals surface area contributed by atoms with Crippen LogP contribution in [0.15, 0.2) is 23.8 Å². The van der Waals surface area contributed by atoms with Gasteiger partial charge >= 0.3 is 12.1 Å². The van der Waals surface area contributed by atoms with Crippen LogP contribution < -0.4 is 0 Å². The smallest absolute Gasteiger partial charge is 0.431 e. The van der Waals surface area contributed by atoms with Crippen LogP contribution in [-0.2, 0) is 23.8 Å². The summed E-state index contributed by atoms with van der Waals surface area (Å²) in [4.78, 5) is 38.9. The van der Waals surface area contributed by atoms with Gasteiger partial charge in [-0.15, -0.1) is 0 Å². The van der Waals surface area contributed by atoms with Crippen molar-refractivity contribution < 1.29 is 46.9 Å². The molecule has 3 saturated carbocycles. The number of esters is 1. The number of carbonyl (C=O) groups excluding carboxylic acids is 3. The third-order valence-electron chi connectivity index (χ3n) is 10.5. The number of carbonyl (C=O) groups is 3. The molecule has 4 rings (SSSR count). The Morgan fingerprint density at radius 3 is 2.42 bits per heavy atom. The van der Waals surface area contributed by atoms with E-state index in [0.29, 0.717) is 6.42 Å². The normalized spacial score (nSPS) is 43.1. The molecule has 0 aromatic rings. The standard InChI is InChI=1S/C30H41F3O7/c1-8-23(26(3,4)5)39-25(37)40-30(24(36)38-15-31)16(2)11-18-19-13-21(32)20-12-17(34)9-10-27(20,6)29(19,33)22(35)14-28(18,30)7/h9-10,12,16,18-19,21-23,35H,8,11,13-15H2,1-7H3/t16-,18+,19+,21+,22+,23?,27+,28+,29+,30+/m1/s1. The molecule has 0 aromatic heterocycles. The molecule has 4 aliphatic rings. The molecule has 3 fully saturated rings. The quantitative estimate of drug-likeness (QED) is 0.421. The van der Waals surface area contributed by atoms with E-state index in [1.54, 1.807) is 13.8 Å². The predicted molar refractivity (Wildman–Crippen MR) is 139 cm³/mol. The Balaban J connectivity index is 1.80. The summed E-state index contributed by atoms with van der Waals surface area (Å²) in [6.45, 7) is 10.7. The molecular weight excluding hydrogens is 529 g/mol. The number of rotatable bonds is 5. The minimum absolute atomic E-state index is 0.0248. The van der Waals surface area contributed by atoms with Gasteiger partial charge in [0.05, 0.1) is 6.10 Å². The number of aliphatic hydroxyl groups is 1. The SMILES string of the molecule is CCC(OC(=O)O[C@]1(C(=O)OCF)[C@H](C)C[C@H]2[C@@H]3C[C@H](F)C4=CC(=O)C=C[C@]4(C)[C@@]3(F)[C@@H](O)C[C@@]21C)C(C)(C)C. The van der Waals surface area contributed by atoms with E-state index >= 15 is 8.78 Å². The number of fused-ring (bicyclic) bond motifs is 5. The molecule has 40 heavy (non-hydrogen) atoms. The van der Waals surface area contributed by atoms with Crippen LogP contribution in [0.25, 0.3) is 0 Å². The molecule has 0 heterocycles. The summed E-state index contributed by atoms with van der Waals surface area (Å²) in [6, 6.07) is 0. The van der Waals surface area contributed by atoms with Gasteiger partial charge in [0.15, 0.2) is 11.5 Å². The molecule has 4 aliphatic carbocycles. The molecular formula is C30H41F3O7. The van der Waals surface area contributed by atoms with E-state index < -0.39 is 88.4 Å². The fourth-order valence-corrected chi connectivity index (χ4v) is 8.52. The van der Waals surface area contributed by atoms with Gasteiger partial charge in [-0.3, -0.25) is 4.79 Å². The maximum absolute atomic E-state index is 17.5. The summed E-state index contributed by atoms with van der Waals surface area (Å²) in [5, 5.41) is 11.5. The lowest BCUT2D eigenvalue weighted by atomic mass is 9.44. The van der Waals surface area contributed by atoms with Crippen LogP contribution in [0.3, 0.4) is 0 Å². The van der Waals surface area contributed by atoms with Crippen LogP contribution in [0, 0.1) is 34.0 Å². The van der Waals surface area contributed by atoms with E-state index in [4.69, 9.17) is 14.2 Å². The lowest BCUT2D eigenvalue weighted by molar-refractivity contribution is -0.236. The number of allylic oxidation sites excluding steroid dienone is 4. The van der Waals surface area contributed by atoms with Crippen LogP contribution in [0.4, 0.5) is 18.0 Å². The van der Waals surface area contributed by atoms with Crippen molar-refractivity contribution in [2.75, 3.05) is 6.86 Å². The first-order valence-electron chi connectivity index (χ1n) is 14.0. The minimum Gasteiger partial charge on any atom is -0.431 e. The monoisotopic (exact) mass is 570 g/mol. The van der Waals surface area contributed by atoms with E-state index in [2.05, 4.69) is 0 Å². The zero-order valence-corrected chi connectivity index (χ0v) is 24.3. The summed E-state index contributed by atoms with van der Waals surface area (Å²) >= 11 is 0. The second kappa shape index (κ2) is 9.88. The molecule has 0 radical (unpaired) electrons. The molecule has 0 spiro atoms. The Labute approximate surface area is 233 Å². The third kappa shape index (κ3) is 4.06. The first-order chi connectivity index (χ1) is 18.4. The fraction of sp³-hybridized carbons (Fsp3) is 0.767. The zero-order valence-electron chi connectivity index (χ0n) is 24.3. The van der Waals surface area contributed by atoms with Crippen LogP contribution in [0.1, 0.15) is 74.1 Å². The van der Waals surface area contributed by atoms with Gasteiger partial charge in [0.1, 0.15) is 12.3 Å². The zero-order chi connectivity index (χ0) is 30.1. The van der Waals surface area contributed by atoms with Gasteiger partial charge in [0, 0.05) is 22.7 Å². The van der Waals surface area contributed by atoms with Crippen molar-refractivity contribution in [3.8, 4) is 0 Å². The number of ketones is 1. The van der Waals surface area contributed by atoms with Crippen molar-refractivity contribution in [3.63, 3.8) is 0 Å². The van der Waals surface area contributed by atoms with Gasteiger partial charge in [0.2, 0.25) is 12.5 Å². The number of aliphatic hydroxyl groups excluding tert-OH is 1. The van der Waals surface area contributed by atoms with Crippen LogP contribution >= 0.6 is 0 Å². The second-order valence-corrected chi connectivity index (χ2v) is 13.5. The third-order valence-corrected chi connectivity index (χ3v) is 10.5. The molecule has 1 N–H and O–H groups in total. The lowest BCUT2D eigenvalue weighted by Crippen LogP contribution is -2.71. The molecule has 7 nitrogen and oxygen atoms in total. The molecule has 10 atom stereocenters. The van der Waals surface area contributed by atoms with E-state index in [0.717, 1.165) is 6.08 Å². The summed E-state index contributed by atoms with van der Waals surface area (Å²) < 4.78 is 62.8. The highest BCUT2D eigenvalue weighted by atomic mass is 19.1. The molecule has 0 aliphatic heterocycles. The van der Waals surface area contributed by atoms with E-state index in [1.807, 2.05) is 27.7 Å². The average molecular weight is 571 g/mol. The minimum atomic E-state index is -2.39. The summed E-state index contributed by atoms with van der Waals surface area (Å²) in [6.07, 6.45) is -1.66. The maximum Gasteiger partial charge on any atom is 0.509 e. The van der Waals surface area contributed by atoms with Crippen LogP contribution in [-0.4, -0.2) is 59.5 Å². The predicted octanol–water partition coefficient (Wildman–Crippen LogP) is 5.74. The molecule has 224 valence electrons. The number of halogens is 3. The highest BCUT2D eigenvalue weighted by molar-refractivity contribution is 6.01. The van der Waals surface area contributed by atoms with Crippen molar-refractivity contribution in [1.82, 2.24) is 0 Å². The van der Waals surface area contributed by atoms with Gasteiger partial charge in [-0.2, -0.15) is 0 Å². The lowest BCUT2D eigenvalue weighted by Gasteiger charge is -2.62. The van der Waals surface area contributed by atoms with Gasteiger partial charge in [-0.1, -0.05) is 47.6 Å². The summed E-state index contributed by atoms with van der Waals surface area (Å²) in [5.74, 6) is -4.29. The Morgan fingerprint density at radius 2 is 1.85 bits per heavy atom. The van der Waals surface area contributed by atoms with Crippen LogP contribution in [0.5, 0.6) is 0 Å². The van der Waals surface area contributed by atoms with Crippen molar-refractivity contribution in [3.05, 3.63) is 23.8 Å². The fourth-order valence-electron chi connectivity index (χ4n) is 8.52. The maximum atomic E-state index is 17.5. The van der Waals surface area contributed by atoms with Crippen LogP contribution in [0.2, 0.25) is 0 Å². The summed E-state index contributed by atoms with van der Waals surface area (Å²) in [7, 11) is 0. The number of hydrogen-bond acceptors (Lipinski definition) is 7. The molecule has 0 aromatic carbocycles. The number of hydrogen-bond donors (Lipinski definition) is 1. The first kappa shape index (κ1) is 30.6. The Morgan fingerprint density at radius 1 is 1.20 bits per heavy atom. The number of alkyl halides is 3. The average Bonchev–Trinajstić information content (AvgIpc) is 3.07. The van der Waals surface area contributed by atoms with E-state index in [-0.39, 0.29) is 24.8 Å². The topological polar surface area (TPSA) is 99.1 Å². The Kier molecular flexibility index (Phi) is 7.56. The molecule has 10 heteroatoms. The van der Waals surface area contributed by atoms with Crippen molar-refractivity contribution in [2.45, 2.75) is 104 Å². The van der Waals surface area contributed by atoms with Crippen molar-refractivity contribution in [2.24, 2.45) is 34.0 Å². The number of ether oxygens (including phenoxy) is 3. The first-order valence-corrected chi connectivity index (χ1v) is 14.0. The van der Waals surface area contributed by atoms with Gasteiger partial charge in [-0.05, 0) is 61.7 Å². The largest absolute Gasteiger partial charge is 0.509 e. The Bertz CT molecular complexity index is 1130. The molecule has 1 unspecified atom stereocenters. The van der Waals surface area contributed by atoms with E-state index in [9.17, 15) is 23.9 Å². The van der Waals surface area contributed by atoms with Gasteiger partial charge < -0.3 is 19.3 Å².